The highest BCUT2D eigenvalue weighted by atomic mass is 31.2. The Balaban J connectivity index is 1.50. The van der Waals surface area contributed by atoms with E-state index >= 15 is 0 Å². The molecule has 1 unspecified atom stereocenters. The number of amides is 3. The highest BCUT2D eigenvalue weighted by molar-refractivity contribution is 7.51. The minimum absolute atomic E-state index is 0.0533. The van der Waals surface area contributed by atoms with E-state index in [2.05, 4.69) is 10.3 Å². The molecular formula is C29H39N4O8P. The maximum Gasteiger partial charge on any atom is 0.409 e. The molecule has 12 nitrogen and oxygen atoms in total. The summed E-state index contributed by atoms with van der Waals surface area (Å²) in [7, 11) is -3.04. The molecule has 1 aromatic heterocycles. The van der Waals surface area contributed by atoms with Gasteiger partial charge in [-0.1, -0.05) is 43.7 Å². The minimum atomic E-state index is -4.69. The number of benzene rings is 1. The van der Waals surface area contributed by atoms with E-state index in [1.54, 1.807) is 13.2 Å². The lowest BCUT2D eigenvalue weighted by Gasteiger charge is -2.36. The number of rotatable bonds is 12. The van der Waals surface area contributed by atoms with E-state index in [1.165, 1.54) is 9.80 Å². The number of ether oxygens (including phenoxy) is 2. The van der Waals surface area contributed by atoms with Crippen LogP contribution in [0, 0.1) is 5.92 Å². The Hall–Kier alpha value is -3.31. The number of unbranched alkanes of at least 4 members (excludes halogenated alkanes) is 1. The van der Waals surface area contributed by atoms with Crippen molar-refractivity contribution in [1.82, 2.24) is 20.1 Å². The van der Waals surface area contributed by atoms with Crippen molar-refractivity contribution in [1.29, 1.82) is 0 Å². The molecule has 2 heterocycles. The van der Waals surface area contributed by atoms with Crippen molar-refractivity contribution in [2.45, 2.75) is 38.1 Å². The second-order valence-corrected chi connectivity index (χ2v) is 12.4. The molecule has 1 aromatic carbocycles. The lowest BCUT2D eigenvalue weighted by molar-refractivity contribution is -0.134. The van der Waals surface area contributed by atoms with E-state index in [-0.39, 0.29) is 37.8 Å². The number of nitrogens with one attached hydrogen (secondary N) is 1. The lowest BCUT2D eigenvalue weighted by Crippen LogP contribution is -2.56. The highest BCUT2D eigenvalue weighted by Gasteiger charge is 2.39. The number of aromatic nitrogens is 1. The van der Waals surface area contributed by atoms with E-state index in [0.29, 0.717) is 24.8 Å². The van der Waals surface area contributed by atoms with Gasteiger partial charge in [-0.25, -0.2) is 9.78 Å². The summed E-state index contributed by atoms with van der Waals surface area (Å²) in [6, 6.07) is 11.5. The average Bonchev–Trinajstić information content (AvgIpc) is 3.75. The summed E-state index contributed by atoms with van der Waals surface area (Å²) in [5.74, 6) is -0.821. The van der Waals surface area contributed by atoms with Gasteiger partial charge < -0.3 is 34.4 Å². The Bertz CT molecular complexity index is 1300. The molecular weight excluding hydrogens is 563 g/mol. The van der Waals surface area contributed by atoms with E-state index < -0.39 is 37.7 Å². The summed E-state index contributed by atoms with van der Waals surface area (Å²) in [6.07, 6.45) is 1.24. The molecule has 3 amide bonds. The molecule has 3 atom stereocenters. The van der Waals surface area contributed by atoms with Crippen molar-refractivity contribution in [2.75, 3.05) is 52.7 Å². The van der Waals surface area contributed by atoms with Crippen LogP contribution in [0.4, 0.5) is 4.79 Å². The molecule has 1 aliphatic carbocycles. The molecule has 2 aromatic rings. The second kappa shape index (κ2) is 14.2. The van der Waals surface area contributed by atoms with Crippen molar-refractivity contribution in [3.63, 3.8) is 0 Å². The van der Waals surface area contributed by atoms with E-state index in [4.69, 9.17) is 9.47 Å². The van der Waals surface area contributed by atoms with Crippen LogP contribution in [-0.2, 0) is 18.8 Å². The largest absolute Gasteiger partial charge is 0.449 e. The first kappa shape index (κ1) is 31.6. The standard InChI is InChI=1S/C29H39N4O8P/c1-3-4-14-41-29(36)33-12-10-32(11-13-33)28(35)26(19-42(37,38)39)31-27(34)25-17-21(23-15-22(23)18-40-2)16-24(30-25)20-8-6-5-7-9-20/h5-9,16-17,22-23,26H,3-4,10-15,18-19H2,1-2H3,(H,31,34)(H2,37,38,39)/t22-,23-,26?/m1/s1. The normalized spacial score (nSPS) is 19.2. The highest BCUT2D eigenvalue weighted by Crippen LogP contribution is 2.48. The molecule has 0 bridgehead atoms. The van der Waals surface area contributed by atoms with Gasteiger partial charge in [-0.2, -0.15) is 0 Å². The first-order valence-electron chi connectivity index (χ1n) is 14.2. The van der Waals surface area contributed by atoms with Gasteiger partial charge in [-0.15, -0.1) is 0 Å². The second-order valence-electron chi connectivity index (χ2n) is 10.7. The molecule has 42 heavy (non-hydrogen) atoms. The Labute approximate surface area is 245 Å². The van der Waals surface area contributed by atoms with Crippen molar-refractivity contribution in [3.8, 4) is 11.3 Å². The third-order valence-electron chi connectivity index (χ3n) is 7.48. The lowest BCUT2D eigenvalue weighted by atomic mass is 10.0. The van der Waals surface area contributed by atoms with Crippen molar-refractivity contribution < 1.29 is 38.2 Å². The molecule has 0 radical (unpaired) electrons. The van der Waals surface area contributed by atoms with Crippen LogP contribution in [0.25, 0.3) is 11.3 Å². The minimum Gasteiger partial charge on any atom is -0.449 e. The molecule has 1 saturated heterocycles. The predicted octanol–water partition coefficient (Wildman–Crippen LogP) is 2.86. The summed E-state index contributed by atoms with van der Waals surface area (Å²) in [5, 5.41) is 2.54. The molecule has 1 saturated carbocycles. The zero-order valence-electron chi connectivity index (χ0n) is 24.0. The number of methoxy groups -OCH3 is 1. The van der Waals surface area contributed by atoms with Crippen LogP contribution in [0.1, 0.15) is 48.2 Å². The van der Waals surface area contributed by atoms with Crippen LogP contribution in [0.15, 0.2) is 42.5 Å². The molecule has 4 rings (SSSR count). The predicted molar refractivity (Wildman–Crippen MR) is 155 cm³/mol. The number of pyridine rings is 1. The topological polar surface area (TPSA) is 159 Å². The van der Waals surface area contributed by atoms with E-state index in [9.17, 15) is 28.7 Å². The summed E-state index contributed by atoms with van der Waals surface area (Å²) < 4.78 is 22.5. The fourth-order valence-corrected chi connectivity index (χ4v) is 5.80. The van der Waals surface area contributed by atoms with Gasteiger partial charge >= 0.3 is 13.7 Å². The van der Waals surface area contributed by atoms with Crippen LogP contribution in [0.5, 0.6) is 0 Å². The van der Waals surface area contributed by atoms with Crippen LogP contribution >= 0.6 is 7.60 Å². The molecule has 3 N–H and O–H groups in total. The molecule has 228 valence electrons. The van der Waals surface area contributed by atoms with Crippen LogP contribution in [0.2, 0.25) is 0 Å². The van der Waals surface area contributed by atoms with Gasteiger partial charge in [0.2, 0.25) is 5.91 Å². The maximum atomic E-state index is 13.5. The van der Waals surface area contributed by atoms with Gasteiger partial charge in [0, 0.05) is 45.5 Å². The molecule has 0 spiro atoms. The number of carbonyl (C=O) groups excluding carboxylic acids is 3. The number of nitrogens with zero attached hydrogens (tertiary/aromatic N) is 3. The van der Waals surface area contributed by atoms with Crippen molar-refractivity contribution in [2.24, 2.45) is 5.92 Å². The van der Waals surface area contributed by atoms with Gasteiger partial charge in [0.15, 0.2) is 0 Å². The number of hydrogen-bond donors (Lipinski definition) is 3. The Morgan fingerprint density at radius 2 is 1.79 bits per heavy atom. The number of piperazine rings is 1. The monoisotopic (exact) mass is 602 g/mol. The number of carbonyl (C=O) groups is 3. The summed E-state index contributed by atoms with van der Waals surface area (Å²) in [6.45, 7) is 3.61. The van der Waals surface area contributed by atoms with E-state index in [1.807, 2.05) is 43.3 Å². The quantitative estimate of drug-likeness (QED) is 0.245. The van der Waals surface area contributed by atoms with Gasteiger partial charge in [-0.05, 0) is 42.4 Å². The maximum absolute atomic E-state index is 13.5. The van der Waals surface area contributed by atoms with Gasteiger partial charge in [-0.3, -0.25) is 14.2 Å². The van der Waals surface area contributed by atoms with Gasteiger partial charge in [0.1, 0.15) is 11.7 Å². The third-order valence-corrected chi connectivity index (χ3v) is 8.32. The zero-order valence-corrected chi connectivity index (χ0v) is 24.9. The average molecular weight is 603 g/mol. The third kappa shape index (κ3) is 8.61. The fourth-order valence-electron chi connectivity index (χ4n) is 5.07. The van der Waals surface area contributed by atoms with Crippen LogP contribution in [-0.4, -0.2) is 101 Å². The molecule has 2 fully saturated rings. The van der Waals surface area contributed by atoms with Crippen LogP contribution in [0.3, 0.4) is 0 Å². The van der Waals surface area contributed by atoms with Gasteiger partial charge in [0.25, 0.3) is 5.91 Å². The molecule has 13 heteroatoms. The summed E-state index contributed by atoms with van der Waals surface area (Å²) in [5.41, 5.74) is 2.36. The van der Waals surface area contributed by atoms with Gasteiger partial charge in [0.05, 0.1) is 18.5 Å². The van der Waals surface area contributed by atoms with E-state index in [0.717, 1.165) is 30.4 Å². The Morgan fingerprint density at radius 1 is 1.10 bits per heavy atom. The van der Waals surface area contributed by atoms with Crippen LogP contribution < -0.4 is 5.32 Å². The smallest absolute Gasteiger partial charge is 0.409 e. The zero-order chi connectivity index (χ0) is 30.3. The van der Waals surface area contributed by atoms with Crippen molar-refractivity contribution in [3.05, 3.63) is 53.7 Å². The summed E-state index contributed by atoms with van der Waals surface area (Å²) >= 11 is 0. The molecule has 1 aliphatic heterocycles. The molecule has 2 aliphatic rings. The summed E-state index contributed by atoms with van der Waals surface area (Å²) in [4.78, 5) is 66.1. The fraction of sp³-hybridized carbons (Fsp3) is 0.517. The Kier molecular flexibility index (Phi) is 10.7. The first-order chi connectivity index (χ1) is 20.1. The van der Waals surface area contributed by atoms with Crippen molar-refractivity contribution >= 4 is 25.5 Å². The first-order valence-corrected chi connectivity index (χ1v) is 16.0. The Morgan fingerprint density at radius 3 is 2.43 bits per heavy atom. The number of hydrogen-bond acceptors (Lipinski definition) is 7. The SMILES string of the molecule is CCCCOC(=O)N1CCN(C(=O)C(CP(=O)(O)O)NC(=O)c2cc([C@H]3C[C@@H]3COC)cc(-c3ccccc3)n2)CC1.